The van der Waals surface area contributed by atoms with Crippen molar-refractivity contribution < 1.29 is 18.4 Å². The zero-order chi connectivity index (χ0) is 11.4. The van der Waals surface area contributed by atoms with Crippen molar-refractivity contribution >= 4 is 15.7 Å². The Hall–Kier alpha value is -0.620. The van der Waals surface area contributed by atoms with E-state index < -0.39 is 21.2 Å². The van der Waals surface area contributed by atoms with Crippen molar-refractivity contribution in [2.24, 2.45) is 5.41 Å². The summed E-state index contributed by atoms with van der Waals surface area (Å²) < 4.78 is 21.6. The number of carbonyl (C=O) groups excluding carboxylic acids is 1. The van der Waals surface area contributed by atoms with Gasteiger partial charge in [0.15, 0.2) is 0 Å². The van der Waals surface area contributed by atoms with Gasteiger partial charge in [0.2, 0.25) is 5.91 Å². The highest BCUT2D eigenvalue weighted by Crippen LogP contribution is 2.22. The molecule has 0 aromatic rings. The van der Waals surface area contributed by atoms with E-state index in [1.54, 1.807) is 19.3 Å². The molecule has 84 valence electrons. The Morgan fingerprint density at radius 3 is 2.29 bits per heavy atom. The maximum Gasteiger partial charge on any atom is 0.248 e. The third-order valence-corrected chi connectivity index (χ3v) is 3.06. The molecule has 1 amide bonds. The van der Waals surface area contributed by atoms with Gasteiger partial charge in [-0.1, -0.05) is 13.8 Å². The monoisotopic (exact) mass is 223 g/mol. The van der Waals surface area contributed by atoms with Gasteiger partial charge in [-0.25, -0.2) is 13.9 Å². The summed E-state index contributed by atoms with van der Waals surface area (Å²) in [4.78, 5) is 11.1. The summed E-state index contributed by atoms with van der Waals surface area (Å²) in [7, 11) is -2.97. The zero-order valence-corrected chi connectivity index (χ0v) is 9.52. The molecule has 0 aromatic heterocycles. The molecule has 0 saturated heterocycles. The first-order valence-electron chi connectivity index (χ1n) is 4.31. The van der Waals surface area contributed by atoms with Gasteiger partial charge in [-0.15, -0.1) is 0 Å². The summed E-state index contributed by atoms with van der Waals surface area (Å²) in [5, 5.41) is 8.41. The predicted molar refractivity (Wildman–Crippen MR) is 52.7 cm³/mol. The molecule has 2 N–H and O–H groups in total. The van der Waals surface area contributed by atoms with Gasteiger partial charge in [-0.2, -0.15) is 0 Å². The maximum absolute atomic E-state index is 11.1. The molecule has 0 rings (SSSR count). The summed E-state index contributed by atoms with van der Waals surface area (Å²) in [5.74, 6) is -0.430. The average molecular weight is 223 g/mol. The molecule has 0 radical (unpaired) electrons. The lowest BCUT2D eigenvalue weighted by Gasteiger charge is -2.21. The van der Waals surface area contributed by atoms with Crippen LogP contribution in [-0.2, 0) is 14.6 Å². The highest BCUT2D eigenvalue weighted by Gasteiger charge is 2.26. The Morgan fingerprint density at radius 2 is 1.93 bits per heavy atom. The number of rotatable bonds is 5. The molecule has 14 heavy (non-hydrogen) atoms. The van der Waals surface area contributed by atoms with Crippen LogP contribution in [0.2, 0.25) is 0 Å². The lowest BCUT2D eigenvalue weighted by Crippen LogP contribution is -2.35. The second-order valence-corrected chi connectivity index (χ2v) is 6.32. The lowest BCUT2D eigenvalue weighted by atomic mass is 9.87. The van der Waals surface area contributed by atoms with Gasteiger partial charge >= 0.3 is 0 Å². The van der Waals surface area contributed by atoms with Gasteiger partial charge in [0.05, 0.1) is 0 Å². The Bertz CT molecular complexity index is 294. The molecule has 0 spiro atoms. The van der Waals surface area contributed by atoms with Gasteiger partial charge in [0, 0.05) is 17.4 Å². The third-order valence-electron chi connectivity index (χ3n) is 2.03. The van der Waals surface area contributed by atoms with E-state index in [4.69, 9.17) is 5.21 Å². The standard InChI is InChI=1S/C8H17NO4S/c1-8(2,7(10)9-11)5-4-6-14(3,12)13/h11H,4-6H2,1-3H3,(H,9,10). The Kier molecular flexibility index (Phi) is 4.54. The SMILES string of the molecule is CC(C)(CCCS(C)(=O)=O)C(=O)NO. The predicted octanol–water partition coefficient (Wildman–Crippen LogP) is 0.343. The van der Waals surface area contributed by atoms with Crippen LogP contribution < -0.4 is 5.48 Å². The normalized spacial score (nSPS) is 12.6. The highest BCUT2D eigenvalue weighted by molar-refractivity contribution is 7.90. The van der Waals surface area contributed by atoms with Crippen molar-refractivity contribution in [3.05, 3.63) is 0 Å². The van der Waals surface area contributed by atoms with Crippen molar-refractivity contribution in [2.75, 3.05) is 12.0 Å². The van der Waals surface area contributed by atoms with Crippen LogP contribution in [0.3, 0.4) is 0 Å². The molecular formula is C8H17NO4S. The van der Waals surface area contributed by atoms with Crippen molar-refractivity contribution in [3.63, 3.8) is 0 Å². The van der Waals surface area contributed by atoms with E-state index in [1.807, 2.05) is 0 Å². The molecule has 0 bridgehead atoms. The quantitative estimate of drug-likeness (QED) is 0.520. The van der Waals surface area contributed by atoms with Crippen LogP contribution in [0, 0.1) is 5.41 Å². The van der Waals surface area contributed by atoms with Crippen molar-refractivity contribution in [2.45, 2.75) is 26.7 Å². The summed E-state index contributed by atoms with van der Waals surface area (Å²) >= 11 is 0. The number of sulfone groups is 1. The topological polar surface area (TPSA) is 83.5 Å². The molecule has 0 saturated carbocycles. The zero-order valence-electron chi connectivity index (χ0n) is 8.70. The lowest BCUT2D eigenvalue weighted by molar-refractivity contribution is -0.138. The Labute approximate surface area is 84.4 Å². The van der Waals surface area contributed by atoms with Crippen LogP contribution in [-0.4, -0.2) is 31.5 Å². The third kappa shape index (κ3) is 5.18. The molecule has 0 heterocycles. The van der Waals surface area contributed by atoms with E-state index in [0.29, 0.717) is 12.8 Å². The maximum atomic E-state index is 11.1. The first-order valence-corrected chi connectivity index (χ1v) is 6.37. The van der Waals surface area contributed by atoms with Crippen LogP contribution in [0.4, 0.5) is 0 Å². The minimum atomic E-state index is -2.97. The summed E-state index contributed by atoms with van der Waals surface area (Å²) in [6.45, 7) is 3.31. The van der Waals surface area contributed by atoms with Crippen LogP contribution in [0.15, 0.2) is 0 Å². The van der Waals surface area contributed by atoms with Crippen LogP contribution in [0.1, 0.15) is 26.7 Å². The fourth-order valence-electron chi connectivity index (χ4n) is 1.04. The molecule has 0 atom stereocenters. The van der Waals surface area contributed by atoms with E-state index in [1.165, 1.54) is 0 Å². The van der Waals surface area contributed by atoms with E-state index >= 15 is 0 Å². The van der Waals surface area contributed by atoms with Gasteiger partial charge in [-0.3, -0.25) is 10.0 Å². The molecule has 0 aliphatic rings. The molecule has 0 unspecified atom stereocenters. The van der Waals surface area contributed by atoms with Crippen molar-refractivity contribution in [1.29, 1.82) is 0 Å². The number of nitrogens with one attached hydrogen (secondary N) is 1. The summed E-state index contributed by atoms with van der Waals surface area (Å²) in [6.07, 6.45) is 2.00. The van der Waals surface area contributed by atoms with Gasteiger partial charge in [0.25, 0.3) is 0 Å². The van der Waals surface area contributed by atoms with E-state index in [0.717, 1.165) is 6.26 Å². The number of hydrogen-bond acceptors (Lipinski definition) is 4. The van der Waals surface area contributed by atoms with E-state index in [-0.39, 0.29) is 5.75 Å². The van der Waals surface area contributed by atoms with Crippen molar-refractivity contribution in [3.8, 4) is 0 Å². The van der Waals surface area contributed by atoms with Gasteiger partial charge in [-0.05, 0) is 12.8 Å². The fraction of sp³-hybridized carbons (Fsp3) is 0.875. The summed E-state index contributed by atoms with van der Waals surface area (Å²) in [6, 6.07) is 0. The molecule has 6 heteroatoms. The molecular weight excluding hydrogens is 206 g/mol. The Balaban J connectivity index is 4.07. The molecule has 0 aromatic carbocycles. The first kappa shape index (κ1) is 13.4. The first-order chi connectivity index (χ1) is 6.19. The van der Waals surface area contributed by atoms with Crippen LogP contribution >= 0.6 is 0 Å². The molecule has 5 nitrogen and oxygen atoms in total. The van der Waals surface area contributed by atoms with Crippen LogP contribution in [0.25, 0.3) is 0 Å². The number of hydrogen-bond donors (Lipinski definition) is 2. The minimum Gasteiger partial charge on any atom is -0.289 e. The number of amides is 1. The van der Waals surface area contributed by atoms with E-state index in [9.17, 15) is 13.2 Å². The molecule has 0 fully saturated rings. The Morgan fingerprint density at radius 1 is 1.43 bits per heavy atom. The largest absolute Gasteiger partial charge is 0.289 e. The summed E-state index contributed by atoms with van der Waals surface area (Å²) in [5.41, 5.74) is 0.828. The number of carbonyl (C=O) groups is 1. The fourth-order valence-corrected chi connectivity index (χ4v) is 1.71. The van der Waals surface area contributed by atoms with Gasteiger partial charge in [0.1, 0.15) is 9.84 Å². The second-order valence-electron chi connectivity index (χ2n) is 4.06. The van der Waals surface area contributed by atoms with Crippen LogP contribution in [0.5, 0.6) is 0 Å². The van der Waals surface area contributed by atoms with E-state index in [2.05, 4.69) is 0 Å². The molecule has 0 aliphatic heterocycles. The second kappa shape index (κ2) is 4.75. The minimum absolute atomic E-state index is 0.0646. The highest BCUT2D eigenvalue weighted by atomic mass is 32.2. The number of hydroxylamine groups is 1. The van der Waals surface area contributed by atoms with Gasteiger partial charge < -0.3 is 0 Å². The molecule has 0 aliphatic carbocycles. The average Bonchev–Trinajstić information content (AvgIpc) is 2.00. The van der Waals surface area contributed by atoms with Crippen molar-refractivity contribution in [1.82, 2.24) is 5.48 Å². The smallest absolute Gasteiger partial charge is 0.248 e.